The number of aryl methyl sites for hydroxylation is 1. The summed E-state index contributed by atoms with van der Waals surface area (Å²) < 4.78 is 30.7. The summed E-state index contributed by atoms with van der Waals surface area (Å²) in [6.45, 7) is 3.42. The van der Waals surface area contributed by atoms with Crippen LogP contribution in [0.5, 0.6) is 5.75 Å². The number of hydrogen-bond donors (Lipinski definition) is 1. The highest BCUT2D eigenvalue weighted by atomic mass is 32.2. The Labute approximate surface area is 148 Å². The molecule has 134 valence electrons. The van der Waals surface area contributed by atoms with Crippen molar-refractivity contribution in [1.82, 2.24) is 0 Å². The van der Waals surface area contributed by atoms with Crippen LogP contribution < -0.4 is 14.4 Å². The molecule has 2 aromatic carbocycles. The summed E-state index contributed by atoms with van der Waals surface area (Å²) in [4.78, 5) is 12.6. The molecule has 0 aliphatic carbocycles. The molecule has 0 spiro atoms. The number of anilines is 2. The Morgan fingerprint density at radius 2 is 1.80 bits per heavy atom. The Morgan fingerprint density at radius 3 is 2.32 bits per heavy atom. The van der Waals surface area contributed by atoms with Crippen molar-refractivity contribution in [2.75, 3.05) is 23.0 Å². The zero-order chi connectivity index (χ0) is 18.6. The lowest BCUT2D eigenvalue weighted by Gasteiger charge is -2.28. The van der Waals surface area contributed by atoms with E-state index in [1.54, 1.807) is 56.5 Å². The maximum absolute atomic E-state index is 12.6. The highest BCUT2D eigenvalue weighted by Crippen LogP contribution is 2.23. The first-order chi connectivity index (χ1) is 11.7. The van der Waals surface area contributed by atoms with Gasteiger partial charge in [0.05, 0.1) is 19.1 Å². The molecule has 0 fully saturated rings. The van der Waals surface area contributed by atoms with Gasteiger partial charge in [0.2, 0.25) is 15.9 Å². The normalized spacial score (nSPS) is 12.3. The van der Waals surface area contributed by atoms with Gasteiger partial charge in [-0.2, -0.15) is 0 Å². The average molecular weight is 362 g/mol. The molecule has 0 saturated heterocycles. The second-order valence-corrected chi connectivity index (χ2v) is 7.65. The van der Waals surface area contributed by atoms with Gasteiger partial charge in [-0.05, 0) is 55.8 Å². The number of rotatable bonds is 6. The third-order valence-corrected chi connectivity index (χ3v) is 4.94. The summed E-state index contributed by atoms with van der Waals surface area (Å²) in [5.74, 6) is 0.251. The first kappa shape index (κ1) is 18.8. The Kier molecular flexibility index (Phi) is 5.69. The predicted octanol–water partition coefficient (Wildman–Crippen LogP) is 2.80. The van der Waals surface area contributed by atoms with Crippen LogP contribution in [0.2, 0.25) is 0 Å². The molecule has 2 aromatic rings. The van der Waals surface area contributed by atoms with Crippen molar-refractivity contribution in [3.8, 4) is 5.75 Å². The van der Waals surface area contributed by atoms with Crippen molar-refractivity contribution in [1.29, 1.82) is 0 Å². The third-order valence-electron chi connectivity index (χ3n) is 3.70. The van der Waals surface area contributed by atoms with Crippen molar-refractivity contribution < 1.29 is 17.9 Å². The van der Waals surface area contributed by atoms with Crippen LogP contribution in [-0.2, 0) is 14.8 Å². The van der Waals surface area contributed by atoms with Crippen LogP contribution in [0.3, 0.4) is 0 Å². The fourth-order valence-corrected chi connectivity index (χ4v) is 3.66. The molecule has 0 aliphatic rings. The Balaban J connectivity index is 2.26. The van der Waals surface area contributed by atoms with Crippen molar-refractivity contribution in [2.24, 2.45) is 0 Å². The number of sulfonamides is 1. The van der Waals surface area contributed by atoms with Gasteiger partial charge in [-0.1, -0.05) is 12.1 Å². The van der Waals surface area contributed by atoms with Gasteiger partial charge in [0.15, 0.2) is 0 Å². The lowest BCUT2D eigenvalue weighted by atomic mass is 10.2. The third kappa shape index (κ3) is 4.73. The minimum atomic E-state index is -3.63. The van der Waals surface area contributed by atoms with Crippen molar-refractivity contribution in [3.05, 3.63) is 54.1 Å². The molecular formula is C18H22N2O4S. The van der Waals surface area contributed by atoms with Crippen molar-refractivity contribution in [2.45, 2.75) is 19.9 Å². The standard InChI is InChI=1S/C18H22N2O4S/c1-13-6-5-7-16(12-13)20(25(4,22)23)14(2)18(21)19-15-8-10-17(24-3)11-9-15/h5-12,14H,1-4H3,(H,19,21)/t14-/m0/s1. The van der Waals surface area contributed by atoms with E-state index in [1.165, 1.54) is 0 Å². The molecule has 1 N–H and O–H groups in total. The highest BCUT2D eigenvalue weighted by Gasteiger charge is 2.29. The number of carbonyl (C=O) groups is 1. The van der Waals surface area contributed by atoms with Crippen LogP contribution in [0.1, 0.15) is 12.5 Å². The van der Waals surface area contributed by atoms with Gasteiger partial charge < -0.3 is 10.1 Å². The molecule has 6 nitrogen and oxygen atoms in total. The molecule has 2 rings (SSSR count). The molecule has 0 aliphatic heterocycles. The second-order valence-electron chi connectivity index (χ2n) is 5.79. The van der Waals surface area contributed by atoms with Crippen LogP contribution in [0.15, 0.2) is 48.5 Å². The zero-order valence-electron chi connectivity index (χ0n) is 14.7. The molecule has 25 heavy (non-hydrogen) atoms. The lowest BCUT2D eigenvalue weighted by molar-refractivity contribution is -0.116. The topological polar surface area (TPSA) is 75.7 Å². The van der Waals surface area contributed by atoms with Gasteiger partial charge in [0, 0.05) is 5.69 Å². The maximum Gasteiger partial charge on any atom is 0.247 e. The number of amides is 1. The predicted molar refractivity (Wildman–Crippen MR) is 99.6 cm³/mol. The molecule has 1 atom stereocenters. The smallest absolute Gasteiger partial charge is 0.247 e. The molecular weight excluding hydrogens is 340 g/mol. The fourth-order valence-electron chi connectivity index (χ4n) is 2.49. The number of ether oxygens (including phenoxy) is 1. The lowest BCUT2D eigenvalue weighted by Crippen LogP contribution is -2.45. The van der Waals surface area contributed by atoms with Gasteiger partial charge in [-0.15, -0.1) is 0 Å². The fraction of sp³-hybridized carbons (Fsp3) is 0.278. The van der Waals surface area contributed by atoms with Gasteiger partial charge in [-0.3, -0.25) is 9.10 Å². The summed E-state index contributed by atoms with van der Waals surface area (Å²) in [6, 6.07) is 13.0. The van der Waals surface area contributed by atoms with Gasteiger partial charge >= 0.3 is 0 Å². The Hall–Kier alpha value is -2.54. The van der Waals surface area contributed by atoms with E-state index in [1.807, 2.05) is 13.0 Å². The molecule has 0 aromatic heterocycles. The van der Waals surface area contributed by atoms with Gasteiger partial charge in [-0.25, -0.2) is 8.42 Å². The number of hydrogen-bond acceptors (Lipinski definition) is 4. The first-order valence-corrected chi connectivity index (χ1v) is 9.58. The van der Waals surface area contributed by atoms with Crippen LogP contribution in [0, 0.1) is 6.92 Å². The van der Waals surface area contributed by atoms with E-state index in [4.69, 9.17) is 4.74 Å². The summed E-state index contributed by atoms with van der Waals surface area (Å²) in [5.41, 5.74) is 1.93. The molecule has 7 heteroatoms. The van der Waals surface area contributed by atoms with Crippen LogP contribution in [0.25, 0.3) is 0 Å². The van der Waals surface area contributed by atoms with Gasteiger partial charge in [0.1, 0.15) is 11.8 Å². The minimum absolute atomic E-state index is 0.419. The number of nitrogens with one attached hydrogen (secondary N) is 1. The zero-order valence-corrected chi connectivity index (χ0v) is 15.5. The van der Waals surface area contributed by atoms with Crippen LogP contribution in [0.4, 0.5) is 11.4 Å². The maximum atomic E-state index is 12.6. The van der Waals surface area contributed by atoms with Gasteiger partial charge in [0.25, 0.3) is 0 Å². The molecule has 0 heterocycles. The van der Waals surface area contributed by atoms with Crippen molar-refractivity contribution >= 4 is 27.3 Å². The Morgan fingerprint density at radius 1 is 1.16 bits per heavy atom. The van der Waals surface area contributed by atoms with E-state index in [-0.39, 0.29) is 0 Å². The van der Waals surface area contributed by atoms with E-state index >= 15 is 0 Å². The minimum Gasteiger partial charge on any atom is -0.497 e. The summed E-state index contributed by atoms with van der Waals surface area (Å²) in [7, 11) is -2.07. The molecule has 0 saturated carbocycles. The van der Waals surface area contributed by atoms with E-state index in [0.717, 1.165) is 16.1 Å². The van der Waals surface area contributed by atoms with Crippen LogP contribution in [-0.4, -0.2) is 33.7 Å². The van der Waals surface area contributed by atoms with Crippen LogP contribution >= 0.6 is 0 Å². The Bertz CT molecular complexity index is 848. The van der Waals surface area contributed by atoms with E-state index in [9.17, 15) is 13.2 Å². The summed E-state index contributed by atoms with van der Waals surface area (Å²) in [5, 5.41) is 2.73. The number of nitrogens with zero attached hydrogens (tertiary/aromatic N) is 1. The van der Waals surface area contributed by atoms with Crippen molar-refractivity contribution in [3.63, 3.8) is 0 Å². The first-order valence-electron chi connectivity index (χ1n) is 7.73. The van der Waals surface area contributed by atoms with E-state index in [2.05, 4.69) is 5.32 Å². The quantitative estimate of drug-likeness (QED) is 0.857. The second kappa shape index (κ2) is 7.57. The molecule has 1 amide bonds. The van der Waals surface area contributed by atoms with E-state index in [0.29, 0.717) is 17.1 Å². The van der Waals surface area contributed by atoms with E-state index < -0.39 is 22.0 Å². The monoisotopic (exact) mass is 362 g/mol. The number of methoxy groups -OCH3 is 1. The SMILES string of the molecule is COc1ccc(NC(=O)[C@H](C)N(c2cccc(C)c2)S(C)(=O)=O)cc1. The largest absolute Gasteiger partial charge is 0.497 e. The highest BCUT2D eigenvalue weighted by molar-refractivity contribution is 7.92. The summed E-state index contributed by atoms with van der Waals surface area (Å²) in [6.07, 6.45) is 1.09. The number of carbonyl (C=O) groups excluding carboxylic acids is 1. The molecule has 0 bridgehead atoms. The molecule has 0 radical (unpaired) electrons. The molecule has 0 unspecified atom stereocenters. The average Bonchev–Trinajstić information content (AvgIpc) is 2.54. The summed E-state index contributed by atoms with van der Waals surface area (Å²) >= 11 is 0. The number of benzene rings is 2.